The third kappa shape index (κ3) is 5.35. The van der Waals surface area contributed by atoms with Crippen LogP contribution in [-0.2, 0) is 0 Å². The Kier molecular flexibility index (Phi) is 8.19. The molecule has 198 valence electrons. The van der Waals surface area contributed by atoms with Crippen LogP contribution < -0.4 is 20.1 Å². The Morgan fingerprint density at radius 2 is 1.81 bits per heavy atom. The van der Waals surface area contributed by atoms with E-state index in [1.807, 2.05) is 17.0 Å². The number of hydrogen-bond donors (Lipinski definition) is 2. The van der Waals surface area contributed by atoms with Crippen LogP contribution in [0.1, 0.15) is 34.4 Å². The number of carbonyl (C=O) groups excluding carboxylic acids is 1. The molecule has 11 heteroatoms. The van der Waals surface area contributed by atoms with Crippen LogP contribution in [0.3, 0.4) is 0 Å². The highest BCUT2D eigenvalue weighted by Gasteiger charge is 2.35. The lowest BCUT2D eigenvalue weighted by molar-refractivity contribution is 0.0659. The maximum atomic E-state index is 14.2. The number of carbonyl (C=O) groups is 1. The molecule has 2 aliphatic heterocycles. The zero-order chi connectivity index (χ0) is 25.2. The Morgan fingerprint density at radius 3 is 2.51 bits per heavy atom. The second-order valence-corrected chi connectivity index (χ2v) is 8.93. The van der Waals surface area contributed by atoms with Gasteiger partial charge in [0.2, 0.25) is 0 Å². The smallest absolute Gasteiger partial charge is 0.260 e. The van der Waals surface area contributed by atoms with Gasteiger partial charge in [-0.15, -0.1) is 12.4 Å². The molecule has 0 aliphatic carbocycles. The van der Waals surface area contributed by atoms with Crippen molar-refractivity contribution in [1.29, 1.82) is 0 Å². The van der Waals surface area contributed by atoms with E-state index in [4.69, 9.17) is 9.47 Å². The molecule has 37 heavy (non-hydrogen) atoms. The number of nitrogens with zero attached hydrogens (tertiary/aromatic N) is 3. The van der Waals surface area contributed by atoms with Gasteiger partial charge in [-0.05, 0) is 36.2 Å². The van der Waals surface area contributed by atoms with Crippen molar-refractivity contribution in [3.05, 3.63) is 59.7 Å². The van der Waals surface area contributed by atoms with Crippen molar-refractivity contribution in [3.63, 3.8) is 0 Å². The van der Waals surface area contributed by atoms with Crippen LogP contribution in [0.15, 0.2) is 48.5 Å². The minimum absolute atomic E-state index is 0. The molecule has 2 unspecified atom stereocenters. The van der Waals surface area contributed by atoms with Gasteiger partial charge in [0.05, 0.1) is 26.0 Å². The predicted octanol–water partition coefficient (Wildman–Crippen LogP) is 4.40. The van der Waals surface area contributed by atoms with E-state index in [-0.39, 0.29) is 30.8 Å². The summed E-state index contributed by atoms with van der Waals surface area (Å²) < 4.78 is 40.4. The molecule has 5 rings (SSSR count). The SMILES string of the molecule is COc1ccc(C2CC(C(F)F)n3nc(-c4cccc(C(=O)N5CCNCC5)c4)cc3N2)cc1OC.Cl. The van der Waals surface area contributed by atoms with Gasteiger partial charge >= 0.3 is 0 Å². The number of fused-ring (bicyclic) bond motifs is 1. The summed E-state index contributed by atoms with van der Waals surface area (Å²) in [6, 6.07) is 12.9. The molecular weight excluding hydrogens is 504 g/mol. The summed E-state index contributed by atoms with van der Waals surface area (Å²) in [5, 5.41) is 11.1. The molecule has 3 aromatic rings. The minimum Gasteiger partial charge on any atom is -0.493 e. The zero-order valence-electron chi connectivity index (χ0n) is 20.6. The van der Waals surface area contributed by atoms with Gasteiger partial charge in [-0.25, -0.2) is 13.5 Å². The Labute approximate surface area is 220 Å². The van der Waals surface area contributed by atoms with Crippen LogP contribution in [0.4, 0.5) is 14.6 Å². The van der Waals surface area contributed by atoms with E-state index in [2.05, 4.69) is 15.7 Å². The number of hydrogen-bond acceptors (Lipinski definition) is 6. The summed E-state index contributed by atoms with van der Waals surface area (Å²) in [4.78, 5) is 14.8. The van der Waals surface area contributed by atoms with Crippen LogP contribution in [0.5, 0.6) is 11.5 Å². The number of ether oxygens (including phenoxy) is 2. The molecule has 0 bridgehead atoms. The predicted molar refractivity (Wildman–Crippen MR) is 139 cm³/mol. The second kappa shape index (κ2) is 11.4. The van der Waals surface area contributed by atoms with E-state index >= 15 is 0 Å². The molecule has 8 nitrogen and oxygen atoms in total. The number of piperazine rings is 1. The van der Waals surface area contributed by atoms with E-state index in [1.54, 1.807) is 50.6 Å². The number of rotatable bonds is 6. The maximum absolute atomic E-state index is 14.2. The van der Waals surface area contributed by atoms with Gasteiger partial charge in [0, 0.05) is 43.4 Å². The summed E-state index contributed by atoms with van der Waals surface area (Å²) in [6.07, 6.45) is -2.44. The van der Waals surface area contributed by atoms with Crippen molar-refractivity contribution in [2.75, 3.05) is 45.7 Å². The number of alkyl halides is 2. The number of amides is 1. The Hall–Kier alpha value is -3.37. The molecule has 0 saturated carbocycles. The summed E-state index contributed by atoms with van der Waals surface area (Å²) in [7, 11) is 3.09. The van der Waals surface area contributed by atoms with Crippen LogP contribution in [0.25, 0.3) is 11.3 Å². The average Bonchev–Trinajstić information content (AvgIpc) is 3.36. The highest BCUT2D eigenvalue weighted by molar-refractivity contribution is 5.95. The van der Waals surface area contributed by atoms with Crippen molar-refractivity contribution in [3.8, 4) is 22.8 Å². The highest BCUT2D eigenvalue weighted by Crippen LogP contribution is 2.41. The monoisotopic (exact) mass is 533 g/mol. The Bertz CT molecular complexity index is 1250. The van der Waals surface area contributed by atoms with Gasteiger partial charge in [0.25, 0.3) is 12.3 Å². The second-order valence-electron chi connectivity index (χ2n) is 8.93. The quantitative estimate of drug-likeness (QED) is 0.489. The van der Waals surface area contributed by atoms with Gasteiger partial charge < -0.3 is 25.0 Å². The van der Waals surface area contributed by atoms with Crippen LogP contribution >= 0.6 is 12.4 Å². The van der Waals surface area contributed by atoms with Crippen LogP contribution in [0.2, 0.25) is 0 Å². The molecule has 2 atom stereocenters. The van der Waals surface area contributed by atoms with Gasteiger partial charge in [-0.3, -0.25) is 4.79 Å². The molecule has 2 aliphatic rings. The molecule has 0 spiro atoms. The summed E-state index contributed by atoms with van der Waals surface area (Å²) in [6.45, 7) is 2.83. The fourth-order valence-corrected chi connectivity index (χ4v) is 4.84. The number of anilines is 1. The molecule has 2 aromatic carbocycles. The van der Waals surface area contributed by atoms with Crippen molar-refractivity contribution in [2.45, 2.75) is 24.9 Å². The molecule has 1 aromatic heterocycles. The maximum Gasteiger partial charge on any atom is 0.260 e. The summed E-state index contributed by atoms with van der Waals surface area (Å²) in [5.41, 5.74) is 2.61. The minimum atomic E-state index is -2.60. The molecular formula is C26H30ClF2N5O3. The number of nitrogens with one attached hydrogen (secondary N) is 2. The third-order valence-corrected chi connectivity index (χ3v) is 6.76. The first-order valence-corrected chi connectivity index (χ1v) is 11.9. The normalized spacial score (nSPS) is 19.0. The van der Waals surface area contributed by atoms with E-state index < -0.39 is 12.5 Å². The third-order valence-electron chi connectivity index (χ3n) is 6.76. The van der Waals surface area contributed by atoms with Crippen molar-refractivity contribution in [2.24, 2.45) is 0 Å². The first-order valence-electron chi connectivity index (χ1n) is 11.9. The van der Waals surface area contributed by atoms with Gasteiger partial charge in [0.1, 0.15) is 11.9 Å². The first kappa shape index (κ1) is 26.7. The van der Waals surface area contributed by atoms with E-state index in [1.165, 1.54) is 4.68 Å². The Morgan fingerprint density at radius 1 is 1.05 bits per heavy atom. The lowest BCUT2D eigenvalue weighted by Gasteiger charge is -2.32. The summed E-state index contributed by atoms with van der Waals surface area (Å²) in [5.74, 6) is 1.57. The van der Waals surface area contributed by atoms with Crippen molar-refractivity contribution in [1.82, 2.24) is 20.0 Å². The van der Waals surface area contributed by atoms with E-state index in [0.717, 1.165) is 18.7 Å². The Balaban J connectivity index is 0.00000320. The number of methoxy groups -OCH3 is 2. The molecule has 0 radical (unpaired) electrons. The lowest BCUT2D eigenvalue weighted by Crippen LogP contribution is -2.46. The molecule has 3 heterocycles. The largest absolute Gasteiger partial charge is 0.493 e. The number of benzene rings is 2. The van der Waals surface area contributed by atoms with Crippen LogP contribution in [0, 0.1) is 0 Å². The average molecular weight is 534 g/mol. The van der Waals surface area contributed by atoms with Crippen molar-refractivity contribution >= 4 is 24.1 Å². The zero-order valence-corrected chi connectivity index (χ0v) is 21.4. The fraction of sp³-hybridized carbons (Fsp3) is 0.385. The molecule has 1 fully saturated rings. The van der Waals surface area contributed by atoms with Crippen molar-refractivity contribution < 1.29 is 23.0 Å². The number of aromatic nitrogens is 2. The van der Waals surface area contributed by atoms with Crippen LogP contribution in [-0.4, -0.2) is 67.4 Å². The first-order chi connectivity index (χ1) is 17.5. The molecule has 2 N–H and O–H groups in total. The van der Waals surface area contributed by atoms with E-state index in [0.29, 0.717) is 47.2 Å². The topological polar surface area (TPSA) is 80.7 Å². The number of halogens is 3. The van der Waals surface area contributed by atoms with Gasteiger partial charge in [0.15, 0.2) is 11.5 Å². The molecule has 1 amide bonds. The highest BCUT2D eigenvalue weighted by atomic mass is 35.5. The van der Waals surface area contributed by atoms with Gasteiger partial charge in [-0.1, -0.05) is 18.2 Å². The molecule has 1 saturated heterocycles. The fourth-order valence-electron chi connectivity index (χ4n) is 4.84. The van der Waals surface area contributed by atoms with Gasteiger partial charge in [-0.2, -0.15) is 5.10 Å². The standard InChI is InChI=1S/C26H29F2N5O3.ClH/c1-35-22-7-6-17(13-23(22)36-2)19-14-21(25(27)28)33-24(30-19)15-20(31-33)16-4-3-5-18(12-16)26(34)32-10-8-29-9-11-32;/h3-7,12-13,15,19,21,25,29-30H,8-11,14H2,1-2H3;1H. The summed E-state index contributed by atoms with van der Waals surface area (Å²) >= 11 is 0. The lowest BCUT2D eigenvalue weighted by atomic mass is 9.97. The van der Waals surface area contributed by atoms with E-state index in [9.17, 15) is 13.6 Å².